The zero-order chi connectivity index (χ0) is 12.4. The Morgan fingerprint density at radius 2 is 0.941 bits per heavy atom. The summed E-state index contributed by atoms with van der Waals surface area (Å²) in [5, 5.41) is 0. The molecule has 0 saturated heterocycles. The van der Waals surface area contributed by atoms with Gasteiger partial charge in [-0.25, -0.2) is 0 Å². The average molecular weight is 240 g/mol. The summed E-state index contributed by atoms with van der Waals surface area (Å²) >= 11 is 0. The first-order chi connectivity index (χ1) is 7.25. The first kappa shape index (κ1) is 17.0. The molecule has 17 heavy (non-hydrogen) atoms. The monoisotopic (exact) mass is 240 g/mol. The summed E-state index contributed by atoms with van der Waals surface area (Å²) in [4.78, 5) is 0. The van der Waals surface area contributed by atoms with E-state index in [9.17, 15) is 0 Å². The molecule has 2 rings (SSSR count). The molecule has 0 bridgehead atoms. The van der Waals surface area contributed by atoms with Crippen LogP contribution in [0.2, 0.25) is 0 Å². The first-order valence-corrected chi connectivity index (χ1v) is 7.25. The van der Waals surface area contributed by atoms with Crippen molar-refractivity contribution in [1.82, 2.24) is 0 Å². The molecule has 0 amide bonds. The molecule has 0 spiro atoms. The lowest BCUT2D eigenvalue weighted by atomic mass is 9.97. The summed E-state index contributed by atoms with van der Waals surface area (Å²) in [6.45, 7) is 14.0. The second kappa shape index (κ2) is 6.25. The van der Waals surface area contributed by atoms with Crippen LogP contribution in [0, 0.1) is 22.7 Å². The van der Waals surface area contributed by atoms with Gasteiger partial charge in [0.1, 0.15) is 0 Å². The van der Waals surface area contributed by atoms with Gasteiger partial charge in [0.15, 0.2) is 0 Å². The third kappa shape index (κ3) is 7.84. The van der Waals surface area contributed by atoms with Crippen LogP contribution >= 0.6 is 0 Å². The second-order valence-electron chi connectivity index (χ2n) is 7.82. The third-order valence-corrected chi connectivity index (χ3v) is 4.01. The highest BCUT2D eigenvalue weighted by Crippen LogP contribution is 2.50. The van der Waals surface area contributed by atoms with Crippen molar-refractivity contribution >= 4 is 0 Å². The standard InChI is InChI=1S/2C8H16.CH4/c2*1-7(2)6-8(3)4-5-8;/h2*7H,4-6H2,1-3H3;1H4. The Morgan fingerprint density at radius 1 is 0.706 bits per heavy atom. The van der Waals surface area contributed by atoms with Gasteiger partial charge in [0.05, 0.1) is 0 Å². The molecule has 0 heterocycles. The van der Waals surface area contributed by atoms with Gasteiger partial charge < -0.3 is 0 Å². The Balaban J connectivity index is 0.000000284. The lowest BCUT2D eigenvalue weighted by Crippen LogP contribution is -1.98. The summed E-state index contributed by atoms with van der Waals surface area (Å²) < 4.78 is 0. The molecule has 2 saturated carbocycles. The van der Waals surface area contributed by atoms with E-state index in [1.54, 1.807) is 0 Å². The van der Waals surface area contributed by atoms with E-state index in [2.05, 4.69) is 41.5 Å². The topological polar surface area (TPSA) is 0 Å². The number of rotatable bonds is 4. The van der Waals surface area contributed by atoms with Gasteiger partial charge in [-0.1, -0.05) is 49.0 Å². The smallest absolute Gasteiger partial charge is 0.0323 e. The maximum atomic E-state index is 2.40. The summed E-state index contributed by atoms with van der Waals surface area (Å²) in [5.41, 5.74) is 1.54. The highest BCUT2D eigenvalue weighted by molar-refractivity contribution is 4.89. The normalized spacial score (nSPS) is 22.6. The molecule has 0 heteroatoms. The predicted octanol–water partition coefficient (Wildman–Crippen LogP) is 6.30. The van der Waals surface area contributed by atoms with Crippen molar-refractivity contribution in [3.8, 4) is 0 Å². The quantitative estimate of drug-likeness (QED) is 0.541. The molecule has 0 atom stereocenters. The molecule has 0 radical (unpaired) electrons. The van der Waals surface area contributed by atoms with Crippen LogP contribution in [0.5, 0.6) is 0 Å². The van der Waals surface area contributed by atoms with Gasteiger partial charge in [-0.2, -0.15) is 0 Å². The zero-order valence-corrected chi connectivity index (χ0v) is 12.4. The Kier molecular flexibility index (Phi) is 6.25. The van der Waals surface area contributed by atoms with Crippen LogP contribution in [0.4, 0.5) is 0 Å². The summed E-state index contributed by atoms with van der Waals surface area (Å²) in [6, 6.07) is 0. The molecule has 2 fully saturated rings. The van der Waals surface area contributed by atoms with E-state index in [1.165, 1.54) is 38.5 Å². The largest absolute Gasteiger partial charge is 0.0776 e. The minimum atomic E-state index is 0. The van der Waals surface area contributed by atoms with Crippen LogP contribution < -0.4 is 0 Å². The van der Waals surface area contributed by atoms with Crippen LogP contribution in [0.25, 0.3) is 0 Å². The number of hydrogen-bond acceptors (Lipinski definition) is 0. The van der Waals surface area contributed by atoms with Gasteiger partial charge in [-0.3, -0.25) is 0 Å². The van der Waals surface area contributed by atoms with E-state index < -0.39 is 0 Å². The van der Waals surface area contributed by atoms with Crippen molar-refractivity contribution in [2.75, 3.05) is 0 Å². The SMILES string of the molecule is C.CC(C)CC1(C)CC1.CC(C)CC1(C)CC1. The fourth-order valence-corrected chi connectivity index (χ4v) is 2.81. The van der Waals surface area contributed by atoms with Gasteiger partial charge in [-0.05, 0) is 61.2 Å². The Hall–Kier alpha value is 0. The Bertz CT molecular complexity index is 180. The van der Waals surface area contributed by atoms with Gasteiger partial charge in [0.25, 0.3) is 0 Å². The second-order valence-corrected chi connectivity index (χ2v) is 7.82. The van der Waals surface area contributed by atoms with Gasteiger partial charge in [0.2, 0.25) is 0 Å². The van der Waals surface area contributed by atoms with E-state index in [-0.39, 0.29) is 7.43 Å². The van der Waals surface area contributed by atoms with Crippen molar-refractivity contribution < 1.29 is 0 Å². The van der Waals surface area contributed by atoms with Gasteiger partial charge in [-0.15, -0.1) is 0 Å². The maximum Gasteiger partial charge on any atom is -0.0323 e. The molecule has 2 aliphatic rings. The summed E-state index contributed by atoms with van der Waals surface area (Å²) in [7, 11) is 0. The van der Waals surface area contributed by atoms with E-state index in [0.717, 1.165) is 22.7 Å². The highest BCUT2D eigenvalue weighted by Gasteiger charge is 2.37. The molecular weight excluding hydrogens is 204 g/mol. The molecule has 0 unspecified atom stereocenters. The summed E-state index contributed by atoms with van der Waals surface area (Å²) in [6.07, 6.45) is 8.78. The molecule has 0 nitrogen and oxygen atoms in total. The van der Waals surface area contributed by atoms with Gasteiger partial charge >= 0.3 is 0 Å². The lowest BCUT2D eigenvalue weighted by Gasteiger charge is -2.09. The van der Waals surface area contributed by atoms with Crippen LogP contribution in [0.3, 0.4) is 0 Å². The van der Waals surface area contributed by atoms with Crippen LogP contribution in [-0.4, -0.2) is 0 Å². The van der Waals surface area contributed by atoms with E-state index in [1.807, 2.05) is 0 Å². The van der Waals surface area contributed by atoms with Crippen molar-refractivity contribution in [1.29, 1.82) is 0 Å². The average Bonchev–Trinajstić information content (AvgIpc) is 2.93. The highest BCUT2D eigenvalue weighted by atomic mass is 14.4. The Morgan fingerprint density at radius 3 is 1.00 bits per heavy atom. The molecule has 0 aromatic rings. The van der Waals surface area contributed by atoms with Gasteiger partial charge in [0, 0.05) is 0 Å². The van der Waals surface area contributed by atoms with Crippen molar-refractivity contribution in [3.63, 3.8) is 0 Å². The lowest BCUT2D eigenvalue weighted by molar-refractivity contribution is 0.422. The third-order valence-electron chi connectivity index (χ3n) is 4.01. The molecular formula is C17H36. The number of hydrogen-bond donors (Lipinski definition) is 0. The fourth-order valence-electron chi connectivity index (χ4n) is 2.81. The van der Waals surface area contributed by atoms with Crippen molar-refractivity contribution in [3.05, 3.63) is 0 Å². The van der Waals surface area contributed by atoms with E-state index in [0.29, 0.717) is 0 Å². The first-order valence-electron chi connectivity index (χ1n) is 7.25. The van der Waals surface area contributed by atoms with Crippen molar-refractivity contribution in [2.45, 2.75) is 87.5 Å². The van der Waals surface area contributed by atoms with Crippen molar-refractivity contribution in [2.24, 2.45) is 22.7 Å². The maximum absolute atomic E-state index is 2.40. The minimum Gasteiger partial charge on any atom is -0.0776 e. The fraction of sp³-hybridized carbons (Fsp3) is 1.00. The Labute approximate surface area is 111 Å². The predicted molar refractivity (Wildman–Crippen MR) is 80.3 cm³/mol. The molecule has 104 valence electrons. The van der Waals surface area contributed by atoms with E-state index >= 15 is 0 Å². The van der Waals surface area contributed by atoms with E-state index in [4.69, 9.17) is 0 Å². The minimum absolute atomic E-state index is 0. The molecule has 2 aliphatic carbocycles. The zero-order valence-electron chi connectivity index (χ0n) is 12.4. The molecule has 0 aromatic heterocycles. The summed E-state index contributed by atoms with van der Waals surface area (Å²) in [5.74, 6) is 1.81. The molecule has 0 N–H and O–H groups in total. The molecule has 0 aliphatic heterocycles. The van der Waals surface area contributed by atoms with Crippen LogP contribution in [0.15, 0.2) is 0 Å². The van der Waals surface area contributed by atoms with Crippen LogP contribution in [0.1, 0.15) is 87.5 Å². The van der Waals surface area contributed by atoms with Crippen LogP contribution in [-0.2, 0) is 0 Å². The molecule has 0 aromatic carbocycles.